The fourth-order valence-electron chi connectivity index (χ4n) is 5.33. The quantitative estimate of drug-likeness (QED) is 0.179. The van der Waals surface area contributed by atoms with Gasteiger partial charge in [0.05, 0.1) is 35.6 Å². The largest absolute Gasteiger partial charge is 0.493 e. The van der Waals surface area contributed by atoms with Gasteiger partial charge < -0.3 is 30.1 Å². The van der Waals surface area contributed by atoms with E-state index in [9.17, 15) is 27.6 Å². The molecule has 1 aromatic carbocycles. The van der Waals surface area contributed by atoms with Crippen molar-refractivity contribution in [2.24, 2.45) is 7.05 Å². The number of H-pyrrole nitrogens is 1. The number of sulfonamides is 1. The summed E-state index contributed by atoms with van der Waals surface area (Å²) in [4.78, 5) is 53.3. The van der Waals surface area contributed by atoms with E-state index in [1.54, 1.807) is 25.2 Å². The Labute approximate surface area is 276 Å². The van der Waals surface area contributed by atoms with E-state index in [0.29, 0.717) is 48.5 Å². The lowest BCUT2D eigenvalue weighted by molar-refractivity contribution is -0.170. The van der Waals surface area contributed by atoms with Crippen molar-refractivity contribution in [2.45, 2.75) is 76.0 Å². The maximum Gasteiger partial charge on any atom is 0.336 e. The highest BCUT2D eigenvalue weighted by Gasteiger charge is 2.41. The number of aromatic nitrogens is 4. The summed E-state index contributed by atoms with van der Waals surface area (Å²) in [5.74, 6) is -4.31. The molecular formula is C30H42N6O11S. The normalized spacial score (nSPS) is 17.5. The number of hydrogen-bond acceptors (Lipinski definition) is 11. The highest BCUT2D eigenvalue weighted by Crippen LogP contribution is 2.33. The average Bonchev–Trinajstić information content (AvgIpc) is 3.30. The van der Waals surface area contributed by atoms with Gasteiger partial charge in [0.25, 0.3) is 5.56 Å². The van der Waals surface area contributed by atoms with E-state index >= 15 is 0 Å². The molecule has 5 N–H and O–H groups in total. The summed E-state index contributed by atoms with van der Waals surface area (Å²) >= 11 is 0. The molecule has 0 bridgehead atoms. The van der Waals surface area contributed by atoms with Gasteiger partial charge in [-0.1, -0.05) is 13.3 Å². The minimum Gasteiger partial charge on any atom is -0.493 e. The Morgan fingerprint density at radius 2 is 1.62 bits per heavy atom. The topological polar surface area (TPSA) is 246 Å². The van der Waals surface area contributed by atoms with E-state index in [-0.39, 0.29) is 28.4 Å². The molecule has 2 aromatic heterocycles. The highest BCUT2D eigenvalue weighted by molar-refractivity contribution is 7.89. The van der Waals surface area contributed by atoms with Gasteiger partial charge in [0.15, 0.2) is 11.1 Å². The fraction of sp³-hybridized carbons (Fsp3) is 0.533. The van der Waals surface area contributed by atoms with E-state index in [1.807, 2.05) is 34.7 Å². The summed E-state index contributed by atoms with van der Waals surface area (Å²) < 4.78 is 36.1. The Bertz CT molecular complexity index is 1810. The molecule has 1 aliphatic heterocycles. The van der Waals surface area contributed by atoms with Gasteiger partial charge in [-0.2, -0.15) is 9.40 Å². The SMILES string of the molecule is CCCc1nn(C)c2c(=O)[nH]c(-c3cc(S(=O)(=O)N4C[C@@H](C)N(C)[C@@H](C)C4)ccc3OCC)nc12.O=C(O)CC(O)(CC(=O)O)C(=O)O. The van der Waals surface area contributed by atoms with Gasteiger partial charge in [0, 0.05) is 32.2 Å². The Morgan fingerprint density at radius 3 is 2.12 bits per heavy atom. The summed E-state index contributed by atoms with van der Waals surface area (Å²) in [6.07, 6.45) is -0.751. The van der Waals surface area contributed by atoms with Crippen LogP contribution in [0.15, 0.2) is 27.9 Å². The van der Waals surface area contributed by atoms with Gasteiger partial charge in [-0.3, -0.25) is 24.0 Å². The van der Waals surface area contributed by atoms with Gasteiger partial charge in [0.1, 0.15) is 17.1 Å². The van der Waals surface area contributed by atoms with Crippen LogP contribution in [-0.4, -0.2) is 120 Å². The third kappa shape index (κ3) is 8.36. The van der Waals surface area contributed by atoms with Crippen LogP contribution in [0.4, 0.5) is 0 Å². The number of carboxylic acid groups (broad SMARTS) is 3. The van der Waals surface area contributed by atoms with Crippen molar-refractivity contribution in [2.75, 3.05) is 26.7 Å². The molecule has 264 valence electrons. The zero-order chi connectivity index (χ0) is 36.1. The van der Waals surface area contributed by atoms with Crippen LogP contribution in [0.2, 0.25) is 0 Å². The molecule has 1 fully saturated rings. The maximum absolute atomic E-state index is 13.6. The van der Waals surface area contributed by atoms with E-state index in [1.165, 1.54) is 8.99 Å². The predicted molar refractivity (Wildman–Crippen MR) is 172 cm³/mol. The number of benzene rings is 1. The second-order valence-corrected chi connectivity index (χ2v) is 13.6. The predicted octanol–water partition coefficient (Wildman–Crippen LogP) is 1.14. The average molecular weight is 695 g/mol. The van der Waals surface area contributed by atoms with Crippen molar-refractivity contribution >= 4 is 39.0 Å². The number of aliphatic hydroxyl groups is 1. The summed E-state index contributed by atoms with van der Waals surface area (Å²) in [6.45, 7) is 9.12. The lowest BCUT2D eigenvalue weighted by Crippen LogP contribution is -2.56. The lowest BCUT2D eigenvalue weighted by Gasteiger charge is -2.41. The van der Waals surface area contributed by atoms with Gasteiger partial charge in [-0.25, -0.2) is 18.2 Å². The van der Waals surface area contributed by atoms with E-state index < -0.39 is 46.4 Å². The van der Waals surface area contributed by atoms with E-state index in [2.05, 4.69) is 15.0 Å². The molecule has 0 saturated carbocycles. The molecule has 2 atom stereocenters. The minimum absolute atomic E-state index is 0.0960. The number of ether oxygens (including phenoxy) is 1. The van der Waals surface area contributed by atoms with Crippen LogP contribution in [0.3, 0.4) is 0 Å². The van der Waals surface area contributed by atoms with Crippen molar-refractivity contribution in [3.63, 3.8) is 0 Å². The molecule has 17 nitrogen and oxygen atoms in total. The third-order valence-electron chi connectivity index (χ3n) is 8.00. The standard InChI is InChI=1S/C24H34N6O4S.C6H8O7/c1-7-9-19-21-22(29(6)27-19)24(31)26-23(25-21)18-12-17(10-11-20(18)34-8-2)35(32,33)30-13-15(3)28(5)16(4)14-30;7-3(8)1-6(13,5(11)12)2-4(9)10/h10-12,15-16H,7-9,13-14H2,1-6H3,(H,25,26,31);13H,1-2H2,(H,7,8)(H,9,10)(H,11,12)/t15-,16+;. The fourth-order valence-corrected chi connectivity index (χ4v) is 6.96. The second kappa shape index (κ2) is 15.2. The summed E-state index contributed by atoms with van der Waals surface area (Å²) in [5.41, 5.74) is -1.00. The van der Waals surface area contributed by atoms with E-state index in [4.69, 9.17) is 30.1 Å². The Hall–Kier alpha value is -4.39. The summed E-state index contributed by atoms with van der Waals surface area (Å²) in [7, 11) is -0.0351. The Kier molecular flexibility index (Phi) is 12.1. The lowest BCUT2D eigenvalue weighted by atomic mass is 9.96. The molecule has 1 aliphatic rings. The molecule has 3 heterocycles. The number of nitrogens with one attached hydrogen (secondary N) is 1. The van der Waals surface area contributed by atoms with Crippen molar-refractivity contribution in [3.05, 3.63) is 34.2 Å². The summed E-state index contributed by atoms with van der Waals surface area (Å²) in [6, 6.07) is 4.93. The number of aromatic amines is 1. The monoisotopic (exact) mass is 694 g/mol. The van der Waals surface area contributed by atoms with E-state index in [0.717, 1.165) is 12.1 Å². The van der Waals surface area contributed by atoms with Crippen LogP contribution in [-0.2, 0) is 37.9 Å². The molecule has 4 rings (SSSR count). The first-order valence-electron chi connectivity index (χ1n) is 15.2. The number of likely N-dealkylation sites (N-methyl/N-ethyl adjacent to an activating group) is 1. The third-order valence-corrected chi connectivity index (χ3v) is 9.83. The molecule has 0 unspecified atom stereocenters. The van der Waals surface area contributed by atoms with Crippen molar-refractivity contribution in [3.8, 4) is 17.1 Å². The molecular weight excluding hydrogens is 652 g/mol. The first kappa shape index (κ1) is 38.1. The Morgan fingerprint density at radius 1 is 1.04 bits per heavy atom. The van der Waals surface area contributed by atoms with Crippen LogP contribution in [0.25, 0.3) is 22.4 Å². The molecule has 0 spiro atoms. The number of hydrogen-bond donors (Lipinski definition) is 5. The maximum atomic E-state index is 13.6. The van der Waals surface area contributed by atoms with Crippen LogP contribution < -0.4 is 10.3 Å². The van der Waals surface area contributed by atoms with Crippen LogP contribution in [0.5, 0.6) is 5.75 Å². The minimum atomic E-state index is -3.76. The number of rotatable bonds is 12. The first-order chi connectivity index (χ1) is 22.4. The highest BCUT2D eigenvalue weighted by atomic mass is 32.2. The van der Waals surface area contributed by atoms with Crippen LogP contribution in [0.1, 0.15) is 52.7 Å². The van der Waals surface area contributed by atoms with Gasteiger partial charge in [-0.15, -0.1) is 0 Å². The number of nitrogens with zero attached hydrogens (tertiary/aromatic N) is 5. The molecule has 0 aliphatic carbocycles. The molecule has 0 amide bonds. The smallest absolute Gasteiger partial charge is 0.336 e. The molecule has 48 heavy (non-hydrogen) atoms. The number of carboxylic acids is 3. The number of fused-ring (bicyclic) bond motifs is 1. The zero-order valence-electron chi connectivity index (χ0n) is 27.6. The molecule has 18 heteroatoms. The van der Waals surface area contributed by atoms with Crippen LogP contribution >= 0.6 is 0 Å². The zero-order valence-corrected chi connectivity index (χ0v) is 28.4. The van der Waals surface area contributed by atoms with Crippen molar-refractivity contribution in [1.82, 2.24) is 29.0 Å². The number of carbonyl (C=O) groups is 3. The molecule has 3 aromatic rings. The van der Waals surface area contributed by atoms with Gasteiger partial charge >= 0.3 is 17.9 Å². The second-order valence-electron chi connectivity index (χ2n) is 11.7. The number of aliphatic carboxylic acids is 3. The van der Waals surface area contributed by atoms with Gasteiger partial charge in [-0.05, 0) is 52.4 Å². The summed E-state index contributed by atoms with van der Waals surface area (Å²) in [5, 5.41) is 38.3. The first-order valence-corrected chi connectivity index (χ1v) is 16.6. The number of aryl methyl sites for hydroxylation is 2. The Balaban J connectivity index is 0.000000408. The van der Waals surface area contributed by atoms with Crippen molar-refractivity contribution in [1.29, 1.82) is 0 Å². The number of piperazine rings is 1. The molecule has 0 radical (unpaired) electrons. The van der Waals surface area contributed by atoms with Crippen LogP contribution in [0, 0.1) is 0 Å². The van der Waals surface area contributed by atoms with Crippen molar-refractivity contribution < 1.29 is 48.0 Å². The molecule has 1 saturated heterocycles. The van der Waals surface area contributed by atoms with Gasteiger partial charge in [0.2, 0.25) is 10.0 Å².